The first-order valence-corrected chi connectivity index (χ1v) is 11.6. The summed E-state index contributed by atoms with van der Waals surface area (Å²) in [6, 6.07) is 16.7. The van der Waals surface area contributed by atoms with Gasteiger partial charge in [-0.2, -0.15) is 0 Å². The van der Waals surface area contributed by atoms with Gasteiger partial charge in [0.05, 0.1) is 23.2 Å². The van der Waals surface area contributed by atoms with Gasteiger partial charge in [-0.15, -0.1) is 0 Å². The number of pyridine rings is 1. The Balaban J connectivity index is 1.56. The SMILES string of the molecule is C=CC1=NC(=C)C2N=C(C=C)c3ccccc3C2CCc2cc3oc4nc(C)ccc4c3cc21. The van der Waals surface area contributed by atoms with Crippen molar-refractivity contribution in [2.75, 3.05) is 0 Å². The van der Waals surface area contributed by atoms with Crippen LogP contribution in [-0.2, 0) is 6.42 Å². The minimum Gasteiger partial charge on any atom is -0.438 e. The summed E-state index contributed by atoms with van der Waals surface area (Å²) in [4.78, 5) is 14.6. The van der Waals surface area contributed by atoms with Crippen molar-refractivity contribution in [3.05, 3.63) is 114 Å². The Bertz CT molecular complexity index is 1580. The monoisotopic (exact) mass is 443 g/mol. The number of fused-ring (bicyclic) bond motifs is 7. The number of benzene rings is 2. The molecule has 0 spiro atoms. The molecule has 2 unspecified atom stereocenters. The molecule has 34 heavy (non-hydrogen) atoms. The predicted octanol–water partition coefficient (Wildman–Crippen LogP) is 6.87. The Labute approximate surface area is 198 Å². The van der Waals surface area contributed by atoms with E-state index in [0.29, 0.717) is 5.71 Å². The summed E-state index contributed by atoms with van der Waals surface area (Å²) in [6.45, 7) is 14.4. The van der Waals surface area contributed by atoms with Crippen LogP contribution >= 0.6 is 0 Å². The molecule has 166 valence electrons. The normalized spacial score (nSPS) is 19.7. The number of rotatable bonds is 2. The van der Waals surface area contributed by atoms with Crippen LogP contribution < -0.4 is 0 Å². The third-order valence-corrected chi connectivity index (χ3v) is 6.99. The number of nitrogens with zero attached hydrogens (tertiary/aromatic N) is 3. The molecule has 2 aliphatic heterocycles. The van der Waals surface area contributed by atoms with E-state index in [9.17, 15) is 0 Å². The average molecular weight is 444 g/mol. The number of furan rings is 1. The molecular formula is C30H25N3O. The van der Waals surface area contributed by atoms with Crippen LogP contribution in [-0.4, -0.2) is 22.4 Å². The standard InChI is InChI=1S/C30H25N3O/c1-5-26-21-10-8-7-9-20(21)22-14-12-19-15-28-25(23-13-11-17(3)31-30(23)34-28)16-24(19)27(6-2)32-18(4)29(22)33-26/h5-11,13,15-16,22,29H,1-2,4,12,14H2,3H3. The lowest BCUT2D eigenvalue weighted by molar-refractivity contribution is 0.540. The second kappa shape index (κ2) is 7.77. The van der Waals surface area contributed by atoms with Crippen LogP contribution in [0, 0.1) is 6.92 Å². The molecule has 0 bridgehead atoms. The third-order valence-electron chi connectivity index (χ3n) is 6.99. The van der Waals surface area contributed by atoms with Gasteiger partial charge in [-0.3, -0.25) is 9.98 Å². The van der Waals surface area contributed by atoms with Gasteiger partial charge in [-0.25, -0.2) is 4.98 Å². The first kappa shape index (κ1) is 20.5. The van der Waals surface area contributed by atoms with E-state index in [1.165, 1.54) is 11.1 Å². The Hall–Kier alpha value is -4.05. The van der Waals surface area contributed by atoms with Crippen LogP contribution in [0.15, 0.2) is 101 Å². The molecule has 0 saturated carbocycles. The Kier molecular flexibility index (Phi) is 4.70. The summed E-state index contributed by atoms with van der Waals surface area (Å²) >= 11 is 0. The van der Waals surface area contributed by atoms with Crippen LogP contribution in [0.4, 0.5) is 0 Å². The minimum absolute atomic E-state index is 0.136. The van der Waals surface area contributed by atoms with E-state index in [1.54, 1.807) is 0 Å². The fourth-order valence-electron chi connectivity index (χ4n) is 5.35. The molecule has 2 aliphatic rings. The zero-order valence-electron chi connectivity index (χ0n) is 19.2. The number of aliphatic imine (C=N–C) groups is 2. The molecule has 4 heteroatoms. The van der Waals surface area contributed by atoms with Crippen molar-refractivity contribution < 1.29 is 4.42 Å². The van der Waals surface area contributed by atoms with Gasteiger partial charge in [0.25, 0.3) is 0 Å². The number of aromatic nitrogens is 1. The fourth-order valence-corrected chi connectivity index (χ4v) is 5.35. The highest BCUT2D eigenvalue weighted by Gasteiger charge is 2.33. The van der Waals surface area contributed by atoms with E-state index in [4.69, 9.17) is 14.4 Å². The smallest absolute Gasteiger partial charge is 0.227 e. The van der Waals surface area contributed by atoms with Crippen molar-refractivity contribution in [3.63, 3.8) is 0 Å². The summed E-state index contributed by atoms with van der Waals surface area (Å²) in [7, 11) is 0. The molecule has 6 rings (SSSR count). The van der Waals surface area contributed by atoms with Crippen LogP contribution in [0.1, 0.15) is 40.3 Å². The molecule has 2 atom stereocenters. The summed E-state index contributed by atoms with van der Waals surface area (Å²) in [5, 5.41) is 2.05. The quantitative estimate of drug-likeness (QED) is 0.340. The number of allylic oxidation sites excluding steroid dienone is 2. The van der Waals surface area contributed by atoms with Crippen molar-refractivity contribution in [2.45, 2.75) is 31.7 Å². The molecule has 2 aromatic carbocycles. The molecule has 2 aromatic heterocycles. The van der Waals surface area contributed by atoms with Gasteiger partial charge >= 0.3 is 0 Å². The van der Waals surface area contributed by atoms with Gasteiger partial charge in [0.15, 0.2) is 0 Å². The van der Waals surface area contributed by atoms with E-state index >= 15 is 0 Å². The Morgan fingerprint density at radius 2 is 1.79 bits per heavy atom. The maximum atomic E-state index is 6.16. The van der Waals surface area contributed by atoms with Crippen LogP contribution in [0.25, 0.3) is 22.1 Å². The zero-order chi connectivity index (χ0) is 23.4. The molecule has 0 radical (unpaired) electrons. The van der Waals surface area contributed by atoms with Crippen molar-refractivity contribution in [1.82, 2.24) is 4.98 Å². The number of aryl methyl sites for hydroxylation is 2. The predicted molar refractivity (Wildman–Crippen MR) is 140 cm³/mol. The van der Waals surface area contributed by atoms with Gasteiger partial charge in [0.2, 0.25) is 5.71 Å². The van der Waals surface area contributed by atoms with Gasteiger partial charge in [-0.1, -0.05) is 44.0 Å². The molecule has 0 N–H and O–H groups in total. The molecule has 0 fully saturated rings. The average Bonchev–Trinajstić information content (AvgIpc) is 3.22. The highest BCUT2D eigenvalue weighted by Crippen LogP contribution is 2.40. The van der Waals surface area contributed by atoms with Crippen molar-refractivity contribution in [3.8, 4) is 0 Å². The molecule has 4 heterocycles. The Morgan fingerprint density at radius 1 is 0.971 bits per heavy atom. The second-order valence-corrected chi connectivity index (χ2v) is 9.00. The van der Waals surface area contributed by atoms with Gasteiger partial charge in [0.1, 0.15) is 5.58 Å². The fraction of sp³-hybridized carbons (Fsp3) is 0.167. The molecule has 4 aromatic rings. The lowest BCUT2D eigenvalue weighted by Gasteiger charge is -2.31. The second-order valence-electron chi connectivity index (χ2n) is 9.00. The zero-order valence-corrected chi connectivity index (χ0v) is 19.2. The lowest BCUT2D eigenvalue weighted by atomic mass is 9.79. The largest absolute Gasteiger partial charge is 0.438 e. The third kappa shape index (κ3) is 3.10. The Morgan fingerprint density at radius 3 is 2.62 bits per heavy atom. The van der Waals surface area contributed by atoms with Crippen LogP contribution in [0.2, 0.25) is 0 Å². The lowest BCUT2D eigenvalue weighted by Crippen LogP contribution is -2.27. The van der Waals surface area contributed by atoms with Gasteiger partial charge in [0, 0.05) is 33.5 Å². The minimum atomic E-state index is -0.136. The molecule has 4 nitrogen and oxygen atoms in total. The number of hydrogen-bond donors (Lipinski definition) is 0. The van der Waals surface area contributed by atoms with E-state index in [0.717, 1.165) is 63.1 Å². The summed E-state index contributed by atoms with van der Waals surface area (Å²) < 4.78 is 6.16. The van der Waals surface area contributed by atoms with Crippen molar-refractivity contribution >= 4 is 33.5 Å². The topological polar surface area (TPSA) is 50.8 Å². The maximum Gasteiger partial charge on any atom is 0.227 e. The van der Waals surface area contributed by atoms with E-state index < -0.39 is 0 Å². The summed E-state index contributed by atoms with van der Waals surface area (Å²) in [5.74, 6) is 0.184. The summed E-state index contributed by atoms with van der Waals surface area (Å²) in [5.41, 5.74) is 9.58. The molecule has 0 aliphatic carbocycles. The first-order chi connectivity index (χ1) is 16.6. The van der Waals surface area contributed by atoms with Crippen LogP contribution in [0.5, 0.6) is 0 Å². The van der Waals surface area contributed by atoms with E-state index in [-0.39, 0.29) is 12.0 Å². The molecule has 0 amide bonds. The highest BCUT2D eigenvalue weighted by molar-refractivity contribution is 6.14. The van der Waals surface area contributed by atoms with Gasteiger partial charge < -0.3 is 4.42 Å². The number of hydrogen-bond acceptors (Lipinski definition) is 4. The maximum absolute atomic E-state index is 6.16. The van der Waals surface area contributed by atoms with Gasteiger partial charge in [-0.05, 0) is 67.3 Å². The molecular weight excluding hydrogens is 418 g/mol. The van der Waals surface area contributed by atoms with Crippen molar-refractivity contribution in [1.29, 1.82) is 0 Å². The van der Waals surface area contributed by atoms with E-state index in [1.807, 2.05) is 25.1 Å². The highest BCUT2D eigenvalue weighted by atomic mass is 16.3. The molecule has 0 saturated heterocycles. The first-order valence-electron chi connectivity index (χ1n) is 11.6. The van der Waals surface area contributed by atoms with E-state index in [2.05, 4.69) is 67.2 Å². The van der Waals surface area contributed by atoms with Crippen LogP contribution in [0.3, 0.4) is 0 Å². The van der Waals surface area contributed by atoms with Crippen molar-refractivity contribution in [2.24, 2.45) is 9.98 Å². The summed E-state index contributed by atoms with van der Waals surface area (Å²) in [6.07, 6.45) is 5.43.